The lowest BCUT2D eigenvalue weighted by atomic mass is 9.98. The number of nitrogens with zero attached hydrogens (tertiary/aromatic N) is 1. The number of benzene rings is 1. The molecule has 0 aromatic heterocycles. The van der Waals surface area contributed by atoms with Gasteiger partial charge in [-0.25, -0.2) is 0 Å². The Morgan fingerprint density at radius 1 is 1.42 bits per heavy atom. The third-order valence-corrected chi connectivity index (χ3v) is 4.17. The highest BCUT2D eigenvalue weighted by Gasteiger charge is 2.22. The molecule has 2 unspecified atom stereocenters. The third-order valence-electron chi connectivity index (χ3n) is 4.17. The number of methoxy groups -OCH3 is 1. The van der Waals surface area contributed by atoms with Gasteiger partial charge in [0.2, 0.25) is 0 Å². The van der Waals surface area contributed by atoms with E-state index >= 15 is 0 Å². The lowest BCUT2D eigenvalue weighted by Gasteiger charge is -2.16. The molecule has 3 nitrogen and oxygen atoms in total. The predicted octanol–water partition coefficient (Wildman–Crippen LogP) is 3.09. The lowest BCUT2D eigenvalue weighted by Crippen LogP contribution is -2.24. The van der Waals surface area contributed by atoms with E-state index in [-0.39, 0.29) is 0 Å². The zero-order valence-corrected chi connectivity index (χ0v) is 11.8. The molecule has 0 heterocycles. The molecule has 1 N–H and O–H groups in total. The SMILES string of the molecule is COc1ccc(C#N)cc1CNCC1CCCC1C. The van der Waals surface area contributed by atoms with Crippen molar-refractivity contribution in [1.82, 2.24) is 5.32 Å². The van der Waals surface area contributed by atoms with Crippen molar-refractivity contribution in [2.24, 2.45) is 11.8 Å². The van der Waals surface area contributed by atoms with Crippen molar-refractivity contribution < 1.29 is 4.74 Å². The van der Waals surface area contributed by atoms with Crippen molar-refractivity contribution in [1.29, 1.82) is 5.26 Å². The van der Waals surface area contributed by atoms with Crippen LogP contribution in [0.25, 0.3) is 0 Å². The molecule has 0 aliphatic heterocycles. The third kappa shape index (κ3) is 3.48. The van der Waals surface area contributed by atoms with Gasteiger partial charge in [-0.3, -0.25) is 0 Å². The van der Waals surface area contributed by atoms with Crippen LogP contribution >= 0.6 is 0 Å². The summed E-state index contributed by atoms with van der Waals surface area (Å²) in [6.45, 7) is 4.17. The first-order valence-electron chi connectivity index (χ1n) is 7.02. The van der Waals surface area contributed by atoms with Crippen molar-refractivity contribution >= 4 is 0 Å². The highest BCUT2D eigenvalue weighted by Crippen LogP contribution is 2.30. The summed E-state index contributed by atoms with van der Waals surface area (Å²) >= 11 is 0. The summed E-state index contributed by atoms with van der Waals surface area (Å²) in [7, 11) is 1.67. The van der Waals surface area contributed by atoms with Crippen molar-refractivity contribution in [3.63, 3.8) is 0 Å². The Morgan fingerprint density at radius 3 is 2.89 bits per heavy atom. The van der Waals surface area contributed by atoms with E-state index in [0.29, 0.717) is 5.56 Å². The number of ether oxygens (including phenoxy) is 1. The molecule has 102 valence electrons. The van der Waals surface area contributed by atoms with E-state index < -0.39 is 0 Å². The Hall–Kier alpha value is -1.53. The summed E-state index contributed by atoms with van der Waals surface area (Å²) in [6.07, 6.45) is 4.06. The molecule has 0 spiro atoms. The first-order chi connectivity index (χ1) is 9.24. The van der Waals surface area contributed by atoms with Crippen LogP contribution in [0.2, 0.25) is 0 Å². The van der Waals surface area contributed by atoms with Gasteiger partial charge in [0, 0.05) is 12.1 Å². The van der Waals surface area contributed by atoms with Crippen LogP contribution in [-0.4, -0.2) is 13.7 Å². The summed E-state index contributed by atoms with van der Waals surface area (Å²) in [6, 6.07) is 7.74. The van der Waals surface area contributed by atoms with Crippen LogP contribution in [-0.2, 0) is 6.54 Å². The average molecular weight is 258 g/mol. The highest BCUT2D eigenvalue weighted by atomic mass is 16.5. The van der Waals surface area contributed by atoms with Gasteiger partial charge in [-0.1, -0.05) is 19.8 Å². The molecule has 1 aromatic rings. The van der Waals surface area contributed by atoms with Gasteiger partial charge in [-0.15, -0.1) is 0 Å². The largest absolute Gasteiger partial charge is 0.496 e. The van der Waals surface area contributed by atoms with Gasteiger partial charge < -0.3 is 10.1 Å². The molecule has 1 aliphatic rings. The summed E-state index contributed by atoms with van der Waals surface area (Å²) in [5.41, 5.74) is 1.75. The molecule has 19 heavy (non-hydrogen) atoms. The molecular formula is C16H22N2O. The maximum absolute atomic E-state index is 8.95. The van der Waals surface area contributed by atoms with Crippen LogP contribution < -0.4 is 10.1 Å². The van der Waals surface area contributed by atoms with Gasteiger partial charge >= 0.3 is 0 Å². The van der Waals surface area contributed by atoms with Crippen LogP contribution in [0.15, 0.2) is 18.2 Å². The van der Waals surface area contributed by atoms with E-state index in [1.165, 1.54) is 19.3 Å². The first-order valence-corrected chi connectivity index (χ1v) is 7.02. The van der Waals surface area contributed by atoms with Gasteiger partial charge in [0.15, 0.2) is 0 Å². The molecule has 0 amide bonds. The van der Waals surface area contributed by atoms with E-state index in [1.54, 1.807) is 13.2 Å². The maximum atomic E-state index is 8.95. The molecule has 2 rings (SSSR count). The quantitative estimate of drug-likeness (QED) is 0.882. The summed E-state index contributed by atoms with van der Waals surface area (Å²) < 4.78 is 5.34. The maximum Gasteiger partial charge on any atom is 0.123 e. The molecule has 0 bridgehead atoms. The number of hydrogen-bond acceptors (Lipinski definition) is 3. The topological polar surface area (TPSA) is 45.0 Å². The van der Waals surface area contributed by atoms with Crippen LogP contribution in [0, 0.1) is 23.2 Å². The normalized spacial score (nSPS) is 22.2. The molecule has 1 fully saturated rings. The fourth-order valence-corrected chi connectivity index (χ4v) is 2.90. The smallest absolute Gasteiger partial charge is 0.123 e. The highest BCUT2D eigenvalue weighted by molar-refractivity contribution is 5.41. The van der Waals surface area contributed by atoms with Crippen LogP contribution in [0.1, 0.15) is 37.3 Å². The molecule has 1 aromatic carbocycles. The van der Waals surface area contributed by atoms with Crippen LogP contribution in [0.5, 0.6) is 5.75 Å². The molecule has 2 atom stereocenters. The van der Waals surface area contributed by atoms with E-state index in [1.807, 2.05) is 12.1 Å². The van der Waals surface area contributed by atoms with Crippen LogP contribution in [0.4, 0.5) is 0 Å². The van der Waals surface area contributed by atoms with Crippen molar-refractivity contribution in [2.75, 3.05) is 13.7 Å². The Kier molecular flexibility index (Phi) is 4.81. The Bertz CT molecular complexity index is 464. The van der Waals surface area contributed by atoms with E-state index in [4.69, 9.17) is 10.00 Å². The van der Waals surface area contributed by atoms with E-state index in [2.05, 4.69) is 18.3 Å². The number of nitrogens with one attached hydrogen (secondary N) is 1. The zero-order chi connectivity index (χ0) is 13.7. The van der Waals surface area contributed by atoms with Gasteiger partial charge in [-0.05, 0) is 43.0 Å². The standard InChI is InChI=1S/C16H22N2O/c1-12-4-3-5-14(12)10-18-11-15-8-13(9-17)6-7-16(15)19-2/h6-8,12,14,18H,3-5,10-11H2,1-2H3. The number of hydrogen-bond donors (Lipinski definition) is 1. The Balaban J connectivity index is 1.93. The molecule has 3 heteroatoms. The Morgan fingerprint density at radius 2 is 2.26 bits per heavy atom. The number of nitriles is 1. The van der Waals surface area contributed by atoms with Crippen LogP contribution in [0.3, 0.4) is 0 Å². The minimum atomic E-state index is 0.687. The fraction of sp³-hybridized carbons (Fsp3) is 0.562. The van der Waals surface area contributed by atoms with Crippen molar-refractivity contribution in [2.45, 2.75) is 32.7 Å². The number of rotatable bonds is 5. The average Bonchev–Trinajstić information content (AvgIpc) is 2.84. The summed E-state index contributed by atoms with van der Waals surface area (Å²) in [4.78, 5) is 0. The molecular weight excluding hydrogens is 236 g/mol. The van der Waals surface area contributed by atoms with Gasteiger partial charge in [-0.2, -0.15) is 5.26 Å². The minimum absolute atomic E-state index is 0.687. The van der Waals surface area contributed by atoms with Gasteiger partial charge in [0.1, 0.15) is 5.75 Å². The van der Waals surface area contributed by atoms with E-state index in [9.17, 15) is 0 Å². The van der Waals surface area contributed by atoms with Gasteiger partial charge in [0.25, 0.3) is 0 Å². The van der Waals surface area contributed by atoms with E-state index in [0.717, 1.165) is 36.2 Å². The molecule has 0 saturated heterocycles. The lowest BCUT2D eigenvalue weighted by molar-refractivity contribution is 0.384. The minimum Gasteiger partial charge on any atom is -0.496 e. The first kappa shape index (κ1) is 13.9. The molecule has 1 aliphatic carbocycles. The Labute approximate surface area is 115 Å². The van der Waals surface area contributed by atoms with Gasteiger partial charge in [0.05, 0.1) is 18.7 Å². The second kappa shape index (κ2) is 6.58. The van der Waals surface area contributed by atoms with Crippen molar-refractivity contribution in [3.05, 3.63) is 29.3 Å². The molecule has 0 radical (unpaired) electrons. The predicted molar refractivity (Wildman–Crippen MR) is 75.9 cm³/mol. The summed E-state index contributed by atoms with van der Waals surface area (Å²) in [5, 5.41) is 12.5. The molecule has 1 saturated carbocycles. The second-order valence-corrected chi connectivity index (χ2v) is 5.44. The summed E-state index contributed by atoms with van der Waals surface area (Å²) in [5.74, 6) is 2.48. The monoisotopic (exact) mass is 258 g/mol. The van der Waals surface area contributed by atoms with Crippen molar-refractivity contribution in [3.8, 4) is 11.8 Å². The second-order valence-electron chi connectivity index (χ2n) is 5.44. The fourth-order valence-electron chi connectivity index (χ4n) is 2.90. The zero-order valence-electron chi connectivity index (χ0n) is 11.8.